The van der Waals surface area contributed by atoms with Crippen LogP contribution in [0.3, 0.4) is 0 Å². The summed E-state index contributed by atoms with van der Waals surface area (Å²) in [5.41, 5.74) is 6.71. The molecule has 0 fully saturated rings. The van der Waals surface area contributed by atoms with Crippen LogP contribution in [0, 0.1) is 0 Å². The van der Waals surface area contributed by atoms with E-state index in [1.54, 1.807) is 6.20 Å². The molecule has 1 aromatic rings. The van der Waals surface area contributed by atoms with Crippen molar-refractivity contribution in [3.8, 4) is 0 Å². The highest BCUT2D eigenvalue weighted by Gasteiger charge is 2.19. The lowest BCUT2D eigenvalue weighted by atomic mass is 9.86. The molecule has 0 aliphatic rings. The van der Waals surface area contributed by atoms with E-state index in [2.05, 4.69) is 30.2 Å². The number of nitrogens with two attached hydrogens (primary N) is 1. The van der Waals surface area contributed by atoms with Crippen LogP contribution in [0.25, 0.3) is 0 Å². The molecule has 0 saturated heterocycles. The lowest BCUT2D eigenvalue weighted by molar-refractivity contribution is 0.473. The van der Waals surface area contributed by atoms with E-state index in [-0.39, 0.29) is 5.41 Å². The Morgan fingerprint density at radius 3 is 2.85 bits per heavy atom. The molecule has 3 heteroatoms. The fourth-order valence-electron chi connectivity index (χ4n) is 1.25. The minimum Gasteiger partial charge on any atom is -0.318 e. The molecular weight excluding hydrogens is 162 g/mol. The van der Waals surface area contributed by atoms with Gasteiger partial charge in [-0.15, -0.1) is 0 Å². The van der Waals surface area contributed by atoms with Gasteiger partial charge in [-0.25, -0.2) is 0 Å². The summed E-state index contributed by atoms with van der Waals surface area (Å²) in [5, 5.41) is 3.14. The molecule has 1 heterocycles. The van der Waals surface area contributed by atoms with Crippen molar-refractivity contribution in [3.63, 3.8) is 0 Å². The van der Waals surface area contributed by atoms with Crippen LogP contribution in [0.2, 0.25) is 0 Å². The Kier molecular flexibility index (Phi) is 3.39. The van der Waals surface area contributed by atoms with Crippen LogP contribution in [0.5, 0.6) is 0 Å². The fourth-order valence-corrected chi connectivity index (χ4v) is 1.25. The Labute approximate surface area is 79.4 Å². The molecule has 0 atom stereocenters. The van der Waals surface area contributed by atoms with E-state index < -0.39 is 0 Å². The van der Waals surface area contributed by atoms with Crippen LogP contribution in [0.1, 0.15) is 19.4 Å². The van der Waals surface area contributed by atoms with Crippen molar-refractivity contribution in [2.45, 2.75) is 19.3 Å². The van der Waals surface area contributed by atoms with Crippen LogP contribution in [0.4, 0.5) is 0 Å². The highest BCUT2D eigenvalue weighted by Crippen LogP contribution is 2.20. The number of nitrogens with zero attached hydrogens (tertiary/aromatic N) is 1. The van der Waals surface area contributed by atoms with Gasteiger partial charge in [0, 0.05) is 31.0 Å². The van der Waals surface area contributed by atoms with Gasteiger partial charge in [-0.2, -0.15) is 0 Å². The molecule has 1 aromatic heterocycles. The van der Waals surface area contributed by atoms with E-state index in [0.29, 0.717) is 6.67 Å². The van der Waals surface area contributed by atoms with Gasteiger partial charge < -0.3 is 11.1 Å². The van der Waals surface area contributed by atoms with E-state index in [1.807, 2.05) is 12.3 Å². The van der Waals surface area contributed by atoms with Gasteiger partial charge in [0.15, 0.2) is 0 Å². The Balaban J connectivity index is 2.69. The highest BCUT2D eigenvalue weighted by molar-refractivity contribution is 5.19. The third-order valence-corrected chi connectivity index (χ3v) is 2.15. The molecule has 1 rings (SSSR count). The zero-order valence-electron chi connectivity index (χ0n) is 8.25. The Hall–Kier alpha value is -0.930. The standard InChI is InChI=1S/C10H17N3/c1-10(2,7-13-8-11)9-4-3-5-12-6-9/h3-6,13H,7-8,11H2,1-2H3. The number of aromatic nitrogens is 1. The number of nitrogens with one attached hydrogen (secondary N) is 1. The summed E-state index contributed by atoms with van der Waals surface area (Å²) in [6, 6.07) is 4.05. The SMILES string of the molecule is CC(C)(CNCN)c1cccnc1. The molecule has 13 heavy (non-hydrogen) atoms. The smallest absolute Gasteiger partial charge is 0.0429 e. The maximum Gasteiger partial charge on any atom is 0.0429 e. The molecular formula is C10H17N3. The third kappa shape index (κ3) is 2.79. The van der Waals surface area contributed by atoms with E-state index in [1.165, 1.54) is 5.56 Å². The second kappa shape index (κ2) is 4.35. The van der Waals surface area contributed by atoms with Gasteiger partial charge in [0.2, 0.25) is 0 Å². The summed E-state index contributed by atoms with van der Waals surface area (Å²) >= 11 is 0. The summed E-state index contributed by atoms with van der Waals surface area (Å²) in [5.74, 6) is 0. The number of rotatable bonds is 4. The highest BCUT2D eigenvalue weighted by atomic mass is 15.0. The van der Waals surface area contributed by atoms with Crippen LogP contribution in [0.15, 0.2) is 24.5 Å². The zero-order valence-corrected chi connectivity index (χ0v) is 8.25. The fraction of sp³-hybridized carbons (Fsp3) is 0.500. The molecule has 72 valence electrons. The molecule has 0 bridgehead atoms. The minimum atomic E-state index is 0.0909. The van der Waals surface area contributed by atoms with E-state index >= 15 is 0 Å². The molecule has 0 saturated carbocycles. The first kappa shape index (κ1) is 10.2. The van der Waals surface area contributed by atoms with Crippen LogP contribution in [-0.2, 0) is 5.41 Å². The second-order valence-electron chi connectivity index (χ2n) is 3.76. The van der Waals surface area contributed by atoms with Gasteiger partial charge in [0.1, 0.15) is 0 Å². The van der Waals surface area contributed by atoms with Crippen molar-refractivity contribution < 1.29 is 0 Å². The third-order valence-electron chi connectivity index (χ3n) is 2.15. The normalized spacial score (nSPS) is 11.6. The van der Waals surface area contributed by atoms with Crippen molar-refractivity contribution in [2.24, 2.45) is 5.73 Å². The summed E-state index contributed by atoms with van der Waals surface area (Å²) < 4.78 is 0. The van der Waals surface area contributed by atoms with Crippen LogP contribution >= 0.6 is 0 Å². The lowest BCUT2D eigenvalue weighted by Crippen LogP contribution is -2.36. The largest absolute Gasteiger partial charge is 0.318 e. The van der Waals surface area contributed by atoms with E-state index in [4.69, 9.17) is 5.73 Å². The molecule has 0 radical (unpaired) electrons. The molecule has 0 aromatic carbocycles. The predicted octanol–water partition coefficient (Wildman–Crippen LogP) is 0.865. The van der Waals surface area contributed by atoms with Crippen molar-refractivity contribution in [3.05, 3.63) is 30.1 Å². The topological polar surface area (TPSA) is 50.9 Å². The minimum absolute atomic E-state index is 0.0909. The Morgan fingerprint density at radius 2 is 2.31 bits per heavy atom. The zero-order chi connectivity index (χ0) is 9.73. The maximum absolute atomic E-state index is 5.39. The quantitative estimate of drug-likeness (QED) is 0.674. The van der Waals surface area contributed by atoms with Gasteiger partial charge in [0.25, 0.3) is 0 Å². The van der Waals surface area contributed by atoms with E-state index in [9.17, 15) is 0 Å². The van der Waals surface area contributed by atoms with Crippen LogP contribution in [-0.4, -0.2) is 18.2 Å². The Bertz CT molecular complexity index is 244. The first-order valence-electron chi connectivity index (χ1n) is 4.48. The van der Waals surface area contributed by atoms with Crippen molar-refractivity contribution in [2.75, 3.05) is 13.2 Å². The second-order valence-corrected chi connectivity index (χ2v) is 3.76. The summed E-state index contributed by atoms with van der Waals surface area (Å²) in [6.07, 6.45) is 3.69. The summed E-state index contributed by atoms with van der Waals surface area (Å²) in [6.45, 7) is 5.73. The average Bonchev–Trinajstić information content (AvgIpc) is 2.16. The monoisotopic (exact) mass is 179 g/mol. The van der Waals surface area contributed by atoms with Gasteiger partial charge in [-0.05, 0) is 11.6 Å². The summed E-state index contributed by atoms with van der Waals surface area (Å²) in [7, 11) is 0. The van der Waals surface area contributed by atoms with Gasteiger partial charge in [0.05, 0.1) is 0 Å². The number of pyridine rings is 1. The average molecular weight is 179 g/mol. The Morgan fingerprint density at radius 1 is 1.54 bits per heavy atom. The number of hydrogen-bond acceptors (Lipinski definition) is 3. The molecule has 3 nitrogen and oxygen atoms in total. The molecule has 0 amide bonds. The summed E-state index contributed by atoms with van der Waals surface area (Å²) in [4.78, 5) is 4.10. The van der Waals surface area contributed by atoms with Crippen molar-refractivity contribution in [1.82, 2.24) is 10.3 Å². The van der Waals surface area contributed by atoms with Gasteiger partial charge in [-0.1, -0.05) is 19.9 Å². The predicted molar refractivity (Wildman–Crippen MR) is 54.3 cm³/mol. The molecule has 0 spiro atoms. The van der Waals surface area contributed by atoms with Crippen molar-refractivity contribution >= 4 is 0 Å². The molecule has 0 unspecified atom stereocenters. The van der Waals surface area contributed by atoms with E-state index in [0.717, 1.165) is 6.54 Å². The number of hydrogen-bond donors (Lipinski definition) is 2. The first-order chi connectivity index (χ1) is 6.17. The van der Waals surface area contributed by atoms with Crippen LogP contribution < -0.4 is 11.1 Å². The van der Waals surface area contributed by atoms with Crippen molar-refractivity contribution in [1.29, 1.82) is 0 Å². The molecule has 0 aliphatic carbocycles. The molecule has 3 N–H and O–H groups in total. The van der Waals surface area contributed by atoms with Gasteiger partial charge >= 0.3 is 0 Å². The first-order valence-corrected chi connectivity index (χ1v) is 4.48. The molecule has 0 aliphatic heterocycles. The maximum atomic E-state index is 5.39. The van der Waals surface area contributed by atoms with Gasteiger partial charge in [-0.3, -0.25) is 4.98 Å². The lowest BCUT2D eigenvalue weighted by Gasteiger charge is -2.24.